The SMILES string of the molecule is CC(c1ccc(F)cc1C(F)(F)F)N1C[C@H](C)N(c2c3c(ccc(=O)n3C)nn2C2CCCCO2)C[C@H]1C. The molecule has 0 aliphatic carbocycles. The maximum absolute atomic E-state index is 13.8. The number of alkyl halides is 3. The second kappa shape index (κ2) is 10.00. The van der Waals surface area contributed by atoms with Crippen molar-refractivity contribution in [2.75, 3.05) is 24.6 Å². The molecule has 11 heteroatoms. The molecular weight excluding hydrogens is 502 g/mol. The molecule has 0 spiro atoms. The van der Waals surface area contributed by atoms with E-state index in [1.807, 2.05) is 23.4 Å². The number of piperazine rings is 1. The van der Waals surface area contributed by atoms with Gasteiger partial charge in [0.2, 0.25) is 0 Å². The number of anilines is 1. The molecule has 4 atom stereocenters. The topological polar surface area (TPSA) is 55.5 Å². The van der Waals surface area contributed by atoms with Gasteiger partial charge in [-0.25, -0.2) is 9.07 Å². The minimum absolute atomic E-state index is 0.0555. The largest absolute Gasteiger partial charge is 0.416 e. The predicted octanol–water partition coefficient (Wildman–Crippen LogP) is 5.25. The molecule has 7 nitrogen and oxygen atoms in total. The highest BCUT2D eigenvalue weighted by molar-refractivity contribution is 5.87. The Hall–Kier alpha value is -2.92. The van der Waals surface area contributed by atoms with Gasteiger partial charge in [0.25, 0.3) is 5.56 Å². The van der Waals surface area contributed by atoms with Gasteiger partial charge >= 0.3 is 6.18 Å². The summed E-state index contributed by atoms with van der Waals surface area (Å²) < 4.78 is 64.6. The van der Waals surface area contributed by atoms with Crippen molar-refractivity contribution in [3.63, 3.8) is 0 Å². The molecule has 0 amide bonds. The first-order valence-corrected chi connectivity index (χ1v) is 13.1. The van der Waals surface area contributed by atoms with Crippen molar-refractivity contribution in [1.82, 2.24) is 19.2 Å². The quantitative estimate of drug-likeness (QED) is 0.427. The summed E-state index contributed by atoms with van der Waals surface area (Å²) >= 11 is 0. The van der Waals surface area contributed by atoms with E-state index in [2.05, 4.69) is 4.90 Å². The molecule has 38 heavy (non-hydrogen) atoms. The Bertz CT molecular complexity index is 1380. The summed E-state index contributed by atoms with van der Waals surface area (Å²) in [5, 5.41) is 4.84. The third-order valence-corrected chi connectivity index (χ3v) is 7.94. The molecular formula is C27H33F4N5O2. The lowest BCUT2D eigenvalue weighted by atomic mass is 9.96. The molecule has 4 heterocycles. The van der Waals surface area contributed by atoms with E-state index in [0.29, 0.717) is 36.8 Å². The van der Waals surface area contributed by atoms with E-state index in [4.69, 9.17) is 9.84 Å². The molecule has 2 unspecified atom stereocenters. The van der Waals surface area contributed by atoms with Crippen LogP contribution in [-0.2, 0) is 18.0 Å². The van der Waals surface area contributed by atoms with Crippen LogP contribution in [0, 0.1) is 5.82 Å². The van der Waals surface area contributed by atoms with E-state index in [9.17, 15) is 22.4 Å². The Morgan fingerprint density at radius 2 is 1.84 bits per heavy atom. The number of ether oxygens (including phenoxy) is 1. The number of fused-ring (bicyclic) bond motifs is 1. The van der Waals surface area contributed by atoms with Crippen LogP contribution in [-0.4, -0.2) is 51.0 Å². The number of aromatic nitrogens is 3. The number of nitrogens with zero attached hydrogens (tertiary/aromatic N) is 5. The Kier molecular flexibility index (Phi) is 7.02. The molecule has 2 aliphatic rings. The van der Waals surface area contributed by atoms with Gasteiger partial charge in [0, 0.05) is 50.9 Å². The van der Waals surface area contributed by atoms with E-state index in [-0.39, 0.29) is 29.4 Å². The first-order valence-electron chi connectivity index (χ1n) is 13.1. The highest BCUT2D eigenvalue weighted by Crippen LogP contribution is 2.40. The number of halogens is 4. The minimum Gasteiger partial charge on any atom is -0.356 e. The fourth-order valence-corrected chi connectivity index (χ4v) is 5.93. The van der Waals surface area contributed by atoms with Crippen molar-refractivity contribution in [2.24, 2.45) is 7.05 Å². The Morgan fingerprint density at radius 3 is 2.53 bits per heavy atom. The Labute approximate surface area is 218 Å². The number of rotatable bonds is 4. The summed E-state index contributed by atoms with van der Waals surface area (Å²) in [5.74, 6) is -0.119. The van der Waals surface area contributed by atoms with Crippen LogP contribution in [0.1, 0.15) is 63.4 Å². The average Bonchev–Trinajstić information content (AvgIpc) is 3.27. The third-order valence-electron chi connectivity index (χ3n) is 7.94. The molecule has 2 fully saturated rings. The lowest BCUT2D eigenvalue weighted by Crippen LogP contribution is -2.57. The second-order valence-electron chi connectivity index (χ2n) is 10.5. The van der Waals surface area contributed by atoms with Crippen LogP contribution in [0.25, 0.3) is 11.0 Å². The van der Waals surface area contributed by atoms with Gasteiger partial charge in [-0.1, -0.05) is 6.07 Å². The summed E-state index contributed by atoms with van der Waals surface area (Å²) in [6, 6.07) is 5.29. The fraction of sp³-hybridized carbons (Fsp3) is 0.556. The number of aryl methyl sites for hydroxylation is 1. The van der Waals surface area contributed by atoms with Gasteiger partial charge < -0.3 is 14.2 Å². The van der Waals surface area contributed by atoms with Crippen LogP contribution in [0.4, 0.5) is 23.4 Å². The van der Waals surface area contributed by atoms with Gasteiger partial charge in [-0.2, -0.15) is 18.3 Å². The van der Waals surface area contributed by atoms with Crippen LogP contribution < -0.4 is 10.5 Å². The summed E-state index contributed by atoms with van der Waals surface area (Å²) in [4.78, 5) is 16.8. The number of benzene rings is 1. The highest BCUT2D eigenvalue weighted by Gasteiger charge is 2.40. The molecule has 5 rings (SSSR count). The molecule has 206 valence electrons. The van der Waals surface area contributed by atoms with Crippen molar-refractivity contribution in [2.45, 2.75) is 70.6 Å². The molecule has 3 aromatic rings. The fourth-order valence-electron chi connectivity index (χ4n) is 5.93. The number of pyridine rings is 1. The van der Waals surface area contributed by atoms with Crippen LogP contribution in [0.2, 0.25) is 0 Å². The van der Waals surface area contributed by atoms with Gasteiger partial charge in [-0.3, -0.25) is 9.69 Å². The molecule has 0 radical (unpaired) electrons. The average molecular weight is 536 g/mol. The van der Waals surface area contributed by atoms with E-state index < -0.39 is 23.6 Å². The van der Waals surface area contributed by atoms with Crippen LogP contribution in [0.15, 0.2) is 35.1 Å². The minimum atomic E-state index is -4.65. The smallest absolute Gasteiger partial charge is 0.356 e. The lowest BCUT2D eigenvalue weighted by molar-refractivity contribution is -0.139. The van der Waals surface area contributed by atoms with E-state index >= 15 is 0 Å². The predicted molar refractivity (Wildman–Crippen MR) is 137 cm³/mol. The van der Waals surface area contributed by atoms with Crippen LogP contribution >= 0.6 is 0 Å². The van der Waals surface area contributed by atoms with Gasteiger partial charge in [-0.05, 0) is 63.8 Å². The molecule has 2 aliphatic heterocycles. The van der Waals surface area contributed by atoms with Crippen molar-refractivity contribution < 1.29 is 22.3 Å². The summed E-state index contributed by atoms with van der Waals surface area (Å²) in [5.41, 5.74) is 0.366. The maximum Gasteiger partial charge on any atom is 0.416 e. The lowest BCUT2D eigenvalue weighted by Gasteiger charge is -2.48. The summed E-state index contributed by atoms with van der Waals surface area (Å²) in [6.45, 7) is 7.34. The van der Waals surface area contributed by atoms with E-state index in [1.165, 1.54) is 12.1 Å². The van der Waals surface area contributed by atoms with E-state index in [1.54, 1.807) is 24.6 Å². The van der Waals surface area contributed by atoms with Crippen molar-refractivity contribution in [3.05, 3.63) is 57.6 Å². The monoisotopic (exact) mass is 535 g/mol. The zero-order valence-electron chi connectivity index (χ0n) is 22.0. The maximum atomic E-state index is 13.8. The highest BCUT2D eigenvalue weighted by atomic mass is 19.4. The molecule has 0 bridgehead atoms. The Balaban J connectivity index is 1.52. The van der Waals surface area contributed by atoms with E-state index in [0.717, 1.165) is 31.1 Å². The summed E-state index contributed by atoms with van der Waals surface area (Å²) in [7, 11) is 1.72. The Morgan fingerprint density at radius 1 is 1.08 bits per heavy atom. The normalized spacial score (nSPS) is 24.2. The molecule has 2 aromatic heterocycles. The third kappa shape index (κ3) is 4.70. The molecule has 0 N–H and O–H groups in total. The van der Waals surface area contributed by atoms with Crippen molar-refractivity contribution >= 4 is 16.9 Å². The first kappa shape index (κ1) is 26.7. The second-order valence-corrected chi connectivity index (χ2v) is 10.5. The van der Waals surface area contributed by atoms with Crippen LogP contribution in [0.3, 0.4) is 0 Å². The van der Waals surface area contributed by atoms with Crippen LogP contribution in [0.5, 0.6) is 0 Å². The summed E-state index contributed by atoms with van der Waals surface area (Å²) in [6.07, 6.45) is -2.11. The van der Waals surface area contributed by atoms with Gasteiger partial charge in [-0.15, -0.1) is 0 Å². The van der Waals surface area contributed by atoms with Gasteiger partial charge in [0.1, 0.15) is 16.9 Å². The van der Waals surface area contributed by atoms with Crippen molar-refractivity contribution in [3.8, 4) is 0 Å². The standard InChI is InChI=1S/C27H33F4N5O2/c1-16-15-35(17(2)14-34(16)18(3)20-9-8-19(28)13-21(20)27(29,30)31)26-25-22(10-11-23(37)33(25)4)32-36(26)24-7-5-6-12-38-24/h8-11,13,16-18,24H,5-7,12,14-15H2,1-4H3/t16-,17+,18?,24?/m1/s1. The van der Waals surface area contributed by atoms with Crippen molar-refractivity contribution in [1.29, 1.82) is 0 Å². The van der Waals surface area contributed by atoms with Gasteiger partial charge in [0.15, 0.2) is 12.0 Å². The number of hydrogen-bond acceptors (Lipinski definition) is 5. The number of hydrogen-bond donors (Lipinski definition) is 0. The zero-order chi connectivity index (χ0) is 27.4. The molecule has 2 saturated heterocycles. The first-order chi connectivity index (χ1) is 18.0. The van der Waals surface area contributed by atoms with Gasteiger partial charge in [0.05, 0.1) is 5.56 Å². The molecule has 0 saturated carbocycles. The zero-order valence-corrected chi connectivity index (χ0v) is 22.0. The molecule has 1 aromatic carbocycles.